The van der Waals surface area contributed by atoms with Crippen molar-refractivity contribution >= 4 is 11.6 Å². The summed E-state index contributed by atoms with van der Waals surface area (Å²) in [5.74, 6) is 1.03. The topological polar surface area (TPSA) is 54.4 Å². The first kappa shape index (κ1) is 16.3. The Bertz CT molecular complexity index is 673. The maximum absolute atomic E-state index is 12.2. The van der Waals surface area contributed by atoms with Crippen LogP contribution >= 0.6 is 0 Å². The highest BCUT2D eigenvalue weighted by Crippen LogP contribution is 2.64. The largest absolute Gasteiger partial charge is 0.392 e. The lowest BCUT2D eigenvalue weighted by molar-refractivity contribution is -0.128. The Kier molecular flexibility index (Phi) is 3.48. The fourth-order valence-electron chi connectivity index (χ4n) is 6.61. The summed E-state index contributed by atoms with van der Waals surface area (Å²) in [7, 11) is 0. The summed E-state index contributed by atoms with van der Waals surface area (Å²) in [5, 5.41) is 10.6. The maximum atomic E-state index is 12.2. The second-order valence-electron chi connectivity index (χ2n) is 8.98. The molecule has 0 aromatic carbocycles. The molecule has 0 bridgehead atoms. The molecule has 0 aromatic rings. The number of aliphatic hydroxyl groups excluding tert-OH is 1. The highest BCUT2D eigenvalue weighted by molar-refractivity contribution is 5.92. The number of carbonyl (C=O) groups is 2. The highest BCUT2D eigenvalue weighted by Gasteiger charge is 2.59. The van der Waals surface area contributed by atoms with Gasteiger partial charge >= 0.3 is 0 Å². The maximum Gasteiger partial charge on any atom is 0.155 e. The number of rotatable bonds is 1. The molecular formula is C21H28O3. The molecule has 0 unspecified atom stereocenters. The number of hydrogen-bond acceptors (Lipinski definition) is 3. The number of allylic oxidation sites excluding steroid dienone is 4. The molecule has 3 nitrogen and oxygen atoms in total. The van der Waals surface area contributed by atoms with Crippen molar-refractivity contribution in [2.24, 2.45) is 28.6 Å². The van der Waals surface area contributed by atoms with Crippen molar-refractivity contribution in [3.63, 3.8) is 0 Å². The van der Waals surface area contributed by atoms with Crippen LogP contribution in [-0.2, 0) is 9.59 Å². The summed E-state index contributed by atoms with van der Waals surface area (Å²) in [6.07, 6.45) is 9.00. The zero-order chi connectivity index (χ0) is 17.3. The lowest BCUT2D eigenvalue weighted by Gasteiger charge is -2.53. The molecule has 1 N–H and O–H groups in total. The van der Waals surface area contributed by atoms with Crippen LogP contribution in [0.1, 0.15) is 59.3 Å². The molecule has 0 saturated heterocycles. The van der Waals surface area contributed by atoms with Crippen LogP contribution in [-0.4, -0.2) is 22.8 Å². The van der Waals surface area contributed by atoms with E-state index in [2.05, 4.69) is 19.9 Å². The summed E-state index contributed by atoms with van der Waals surface area (Å²) < 4.78 is 0. The molecule has 4 aliphatic rings. The Labute approximate surface area is 144 Å². The summed E-state index contributed by atoms with van der Waals surface area (Å²) >= 11 is 0. The average molecular weight is 328 g/mol. The fraction of sp³-hybridized carbons (Fsp3) is 0.714. The molecule has 130 valence electrons. The smallest absolute Gasteiger partial charge is 0.155 e. The van der Waals surface area contributed by atoms with E-state index in [0.717, 1.165) is 32.1 Å². The van der Waals surface area contributed by atoms with Gasteiger partial charge in [-0.15, -0.1) is 0 Å². The predicted octanol–water partition coefficient (Wildman–Crippen LogP) is 3.61. The van der Waals surface area contributed by atoms with Gasteiger partial charge in [0, 0.05) is 17.8 Å². The Morgan fingerprint density at radius 2 is 2.04 bits per heavy atom. The van der Waals surface area contributed by atoms with Crippen LogP contribution in [0.5, 0.6) is 0 Å². The first-order valence-corrected chi connectivity index (χ1v) is 9.40. The van der Waals surface area contributed by atoms with Crippen LogP contribution in [0.4, 0.5) is 0 Å². The van der Waals surface area contributed by atoms with Gasteiger partial charge in [-0.25, -0.2) is 0 Å². The van der Waals surface area contributed by atoms with Crippen LogP contribution in [0, 0.1) is 28.6 Å². The van der Waals surface area contributed by atoms with Crippen LogP contribution in [0.15, 0.2) is 23.3 Å². The van der Waals surface area contributed by atoms with Gasteiger partial charge in [0.25, 0.3) is 0 Å². The number of hydrogen-bond donors (Lipinski definition) is 1. The number of Topliss-reactive ketones (excluding diaryl/α,β-unsaturated/α-hetero) is 1. The van der Waals surface area contributed by atoms with Crippen molar-refractivity contribution in [2.75, 3.05) is 0 Å². The normalized spacial score (nSPS) is 47.2. The molecule has 3 heteroatoms. The monoisotopic (exact) mass is 328 g/mol. The van der Waals surface area contributed by atoms with Gasteiger partial charge in [0.05, 0.1) is 6.10 Å². The minimum absolute atomic E-state index is 0.0252. The summed E-state index contributed by atoms with van der Waals surface area (Å²) in [6, 6.07) is 0. The Morgan fingerprint density at radius 3 is 2.75 bits per heavy atom. The lowest BCUT2D eigenvalue weighted by Crippen LogP contribution is -2.45. The minimum Gasteiger partial charge on any atom is -0.392 e. The van der Waals surface area contributed by atoms with Crippen molar-refractivity contribution < 1.29 is 14.7 Å². The molecule has 0 spiro atoms. The molecule has 4 aliphatic carbocycles. The Morgan fingerprint density at radius 1 is 1.29 bits per heavy atom. The number of fused-ring (bicyclic) bond motifs is 5. The van der Waals surface area contributed by atoms with E-state index in [-0.39, 0.29) is 28.3 Å². The lowest BCUT2D eigenvalue weighted by atomic mass is 9.51. The van der Waals surface area contributed by atoms with Crippen LogP contribution < -0.4 is 0 Å². The molecule has 4 rings (SSSR count). The van der Waals surface area contributed by atoms with Gasteiger partial charge in [0.15, 0.2) is 5.78 Å². The third kappa shape index (κ3) is 2.00. The van der Waals surface area contributed by atoms with Crippen LogP contribution in [0.3, 0.4) is 0 Å². The molecule has 6 atom stereocenters. The van der Waals surface area contributed by atoms with E-state index in [1.54, 1.807) is 6.92 Å². The molecule has 0 amide bonds. The van der Waals surface area contributed by atoms with E-state index in [0.29, 0.717) is 18.3 Å². The standard InChI is InChI=1S/C21H28O3/c1-12(22)19-18(24)11-17-15-5-4-13-10-14(23)6-8-20(13,2)16(15)7-9-21(17,19)3/h7,10,15,17-19,24H,4-6,8-9,11H2,1-3H3/t15-,17-,18-,19-,20+,21+/m1/s1. The van der Waals surface area contributed by atoms with Gasteiger partial charge < -0.3 is 5.11 Å². The molecular weight excluding hydrogens is 300 g/mol. The molecule has 24 heavy (non-hydrogen) atoms. The van der Waals surface area contributed by atoms with Crippen LogP contribution in [0.25, 0.3) is 0 Å². The van der Waals surface area contributed by atoms with Crippen molar-refractivity contribution in [3.05, 3.63) is 23.3 Å². The summed E-state index contributed by atoms with van der Waals surface area (Å²) in [6.45, 7) is 6.15. The van der Waals surface area contributed by atoms with Crippen molar-refractivity contribution in [1.82, 2.24) is 0 Å². The van der Waals surface area contributed by atoms with E-state index in [1.807, 2.05) is 6.08 Å². The SMILES string of the molecule is CC(=O)[C@@H]1[C@H](O)C[C@@H]2[C@@H]3CCC4=CC(=O)CC[C@]4(C)C3=CC[C@@]21C. The summed E-state index contributed by atoms with van der Waals surface area (Å²) in [4.78, 5) is 24.0. The van der Waals surface area contributed by atoms with Gasteiger partial charge in [0.2, 0.25) is 0 Å². The Hall–Kier alpha value is -1.22. The van der Waals surface area contributed by atoms with Gasteiger partial charge in [-0.1, -0.05) is 31.1 Å². The zero-order valence-electron chi connectivity index (χ0n) is 15.0. The molecule has 0 heterocycles. The molecule has 0 aliphatic heterocycles. The Balaban J connectivity index is 1.76. The van der Waals surface area contributed by atoms with E-state index in [9.17, 15) is 14.7 Å². The molecule has 2 saturated carbocycles. The fourth-order valence-corrected chi connectivity index (χ4v) is 6.61. The number of ketones is 2. The second kappa shape index (κ2) is 5.14. The van der Waals surface area contributed by atoms with Gasteiger partial charge in [-0.3, -0.25) is 9.59 Å². The van der Waals surface area contributed by atoms with Gasteiger partial charge in [-0.05, 0) is 62.4 Å². The van der Waals surface area contributed by atoms with E-state index in [1.165, 1.54) is 11.1 Å². The van der Waals surface area contributed by atoms with Gasteiger partial charge in [0.1, 0.15) is 5.78 Å². The quantitative estimate of drug-likeness (QED) is 0.748. The second-order valence-corrected chi connectivity index (χ2v) is 8.98. The van der Waals surface area contributed by atoms with E-state index in [4.69, 9.17) is 0 Å². The predicted molar refractivity (Wildman–Crippen MR) is 92.2 cm³/mol. The third-order valence-electron chi connectivity index (χ3n) is 7.80. The summed E-state index contributed by atoms with van der Waals surface area (Å²) in [5.41, 5.74) is 2.72. The van der Waals surface area contributed by atoms with Crippen molar-refractivity contribution in [1.29, 1.82) is 0 Å². The zero-order valence-corrected chi connectivity index (χ0v) is 15.0. The minimum atomic E-state index is -0.497. The number of aliphatic hydroxyl groups is 1. The molecule has 0 radical (unpaired) electrons. The first-order chi connectivity index (χ1) is 11.3. The van der Waals surface area contributed by atoms with E-state index < -0.39 is 6.10 Å². The van der Waals surface area contributed by atoms with Crippen molar-refractivity contribution in [3.8, 4) is 0 Å². The average Bonchev–Trinajstić information content (AvgIpc) is 2.78. The molecule has 2 fully saturated rings. The molecule has 0 aromatic heterocycles. The van der Waals surface area contributed by atoms with Crippen molar-refractivity contribution in [2.45, 2.75) is 65.4 Å². The van der Waals surface area contributed by atoms with Gasteiger partial charge in [-0.2, -0.15) is 0 Å². The van der Waals surface area contributed by atoms with Crippen LogP contribution in [0.2, 0.25) is 0 Å². The highest BCUT2D eigenvalue weighted by atomic mass is 16.3. The van der Waals surface area contributed by atoms with E-state index >= 15 is 0 Å². The number of carbonyl (C=O) groups excluding carboxylic acids is 2. The first-order valence-electron chi connectivity index (χ1n) is 9.40. The third-order valence-corrected chi connectivity index (χ3v) is 7.80.